The third-order valence-electron chi connectivity index (χ3n) is 4.69. The Morgan fingerprint density at radius 3 is 2.42 bits per heavy atom. The molecule has 0 aliphatic heterocycles. The molecule has 1 N–H and O–H groups in total. The number of pyridine rings is 1. The molecule has 0 aliphatic carbocycles. The third kappa shape index (κ3) is 5.01. The van der Waals surface area contributed by atoms with Gasteiger partial charge in [-0.3, -0.25) is 0 Å². The van der Waals surface area contributed by atoms with Gasteiger partial charge in [0.1, 0.15) is 28.9 Å². The van der Waals surface area contributed by atoms with Gasteiger partial charge in [0.2, 0.25) is 0 Å². The fourth-order valence-corrected chi connectivity index (χ4v) is 3.80. The minimum atomic E-state index is -4.60. The summed E-state index contributed by atoms with van der Waals surface area (Å²) in [7, 11) is 0. The number of carbonyl (C=O) groups is 1. The standard InChI is InChI=1S/C23H14F4N2O3S/c24-19-9-13(1-4-16(19)14-2-6-20(22(30)31)29-11-14)12-32-15-3-5-17(21-28-7-8-33-21)18(10-15)23(25,26)27/h1-11H,12H2,(H,30,31). The van der Waals surface area contributed by atoms with Crippen LogP contribution in [0.5, 0.6) is 5.75 Å². The van der Waals surface area contributed by atoms with Crippen LogP contribution in [0.1, 0.15) is 21.6 Å². The van der Waals surface area contributed by atoms with Crippen LogP contribution >= 0.6 is 11.3 Å². The highest BCUT2D eigenvalue weighted by Crippen LogP contribution is 2.39. The molecule has 0 radical (unpaired) electrons. The van der Waals surface area contributed by atoms with Gasteiger partial charge in [-0.25, -0.2) is 19.2 Å². The topological polar surface area (TPSA) is 72.3 Å². The summed E-state index contributed by atoms with van der Waals surface area (Å²) in [5.74, 6) is -1.81. The molecule has 2 aromatic heterocycles. The molecule has 0 amide bonds. The summed E-state index contributed by atoms with van der Waals surface area (Å²) in [4.78, 5) is 18.6. The van der Waals surface area contributed by atoms with Gasteiger partial charge in [-0.1, -0.05) is 18.2 Å². The molecular weight excluding hydrogens is 460 g/mol. The van der Waals surface area contributed by atoms with Crippen molar-refractivity contribution in [3.05, 3.63) is 88.9 Å². The zero-order valence-electron chi connectivity index (χ0n) is 16.6. The Balaban J connectivity index is 1.52. The monoisotopic (exact) mass is 474 g/mol. The summed E-state index contributed by atoms with van der Waals surface area (Å²) in [5, 5.41) is 10.7. The maximum atomic E-state index is 14.6. The normalized spacial score (nSPS) is 11.4. The fourth-order valence-electron chi connectivity index (χ4n) is 3.12. The number of benzene rings is 2. The zero-order valence-corrected chi connectivity index (χ0v) is 17.5. The van der Waals surface area contributed by atoms with Gasteiger partial charge in [0.25, 0.3) is 0 Å². The Morgan fingerprint density at radius 2 is 1.82 bits per heavy atom. The van der Waals surface area contributed by atoms with Gasteiger partial charge in [0.15, 0.2) is 0 Å². The molecule has 0 bridgehead atoms. The van der Waals surface area contributed by atoms with Crippen LogP contribution in [0.2, 0.25) is 0 Å². The minimum absolute atomic E-state index is 0.0134. The highest BCUT2D eigenvalue weighted by atomic mass is 32.1. The molecule has 0 saturated heterocycles. The van der Waals surface area contributed by atoms with E-state index in [1.54, 1.807) is 11.4 Å². The number of aromatic carboxylic acids is 1. The second-order valence-corrected chi connectivity index (χ2v) is 7.78. The maximum Gasteiger partial charge on any atom is 0.417 e. The largest absolute Gasteiger partial charge is 0.489 e. The van der Waals surface area contributed by atoms with E-state index in [-0.39, 0.29) is 34.2 Å². The second-order valence-electron chi connectivity index (χ2n) is 6.88. The van der Waals surface area contributed by atoms with Crippen molar-refractivity contribution in [2.75, 3.05) is 0 Å². The Bertz CT molecular complexity index is 1290. The van der Waals surface area contributed by atoms with Crippen molar-refractivity contribution in [3.63, 3.8) is 0 Å². The summed E-state index contributed by atoms with van der Waals surface area (Å²) in [6.45, 7) is -0.151. The predicted molar refractivity (Wildman–Crippen MR) is 113 cm³/mol. The molecule has 0 spiro atoms. The number of hydrogen-bond acceptors (Lipinski definition) is 5. The smallest absolute Gasteiger partial charge is 0.417 e. The predicted octanol–water partition coefficient (Wildman–Crippen LogP) is 6.31. The zero-order chi connectivity index (χ0) is 23.6. The van der Waals surface area contributed by atoms with Gasteiger partial charge in [-0.15, -0.1) is 11.3 Å². The number of halogens is 4. The van der Waals surface area contributed by atoms with Crippen LogP contribution in [-0.2, 0) is 12.8 Å². The van der Waals surface area contributed by atoms with Crippen molar-refractivity contribution in [2.24, 2.45) is 0 Å². The number of carboxylic acids is 1. The Hall–Kier alpha value is -3.79. The number of hydrogen-bond donors (Lipinski definition) is 1. The highest BCUT2D eigenvalue weighted by molar-refractivity contribution is 7.13. The van der Waals surface area contributed by atoms with Gasteiger partial charge < -0.3 is 9.84 Å². The average Bonchev–Trinajstić information content (AvgIpc) is 3.32. The van der Waals surface area contributed by atoms with Crippen molar-refractivity contribution >= 4 is 17.3 Å². The first-order valence-corrected chi connectivity index (χ1v) is 10.3. The lowest BCUT2D eigenvalue weighted by Gasteiger charge is -2.14. The number of aromatic nitrogens is 2. The average molecular weight is 474 g/mol. The number of ether oxygens (including phenoxy) is 1. The van der Waals surface area contributed by atoms with E-state index in [2.05, 4.69) is 9.97 Å². The number of nitrogens with zero attached hydrogens (tertiary/aromatic N) is 2. The van der Waals surface area contributed by atoms with Gasteiger partial charge in [0.05, 0.1) is 5.56 Å². The number of rotatable bonds is 6. The SMILES string of the molecule is O=C(O)c1ccc(-c2ccc(COc3ccc(-c4nccs4)c(C(F)(F)F)c3)cc2F)cn1. The molecule has 0 saturated carbocycles. The van der Waals surface area contributed by atoms with Gasteiger partial charge in [-0.2, -0.15) is 13.2 Å². The molecule has 0 atom stereocenters. The number of alkyl halides is 3. The van der Waals surface area contributed by atoms with E-state index >= 15 is 0 Å². The van der Waals surface area contributed by atoms with E-state index in [1.807, 2.05) is 0 Å². The first-order chi connectivity index (χ1) is 15.7. The Kier molecular flexibility index (Phi) is 6.10. The molecule has 0 unspecified atom stereocenters. The lowest BCUT2D eigenvalue weighted by Crippen LogP contribution is -2.08. The fraction of sp³-hybridized carbons (Fsp3) is 0.0870. The number of carboxylic acid groups (broad SMARTS) is 1. The molecule has 10 heteroatoms. The van der Waals surface area contributed by atoms with E-state index in [0.29, 0.717) is 11.1 Å². The van der Waals surface area contributed by atoms with Crippen LogP contribution in [0.25, 0.3) is 21.7 Å². The van der Waals surface area contributed by atoms with E-state index in [0.717, 1.165) is 17.4 Å². The van der Waals surface area contributed by atoms with Crippen molar-refractivity contribution in [2.45, 2.75) is 12.8 Å². The summed E-state index contributed by atoms with van der Waals surface area (Å²) in [6, 6.07) is 10.6. The summed E-state index contributed by atoms with van der Waals surface area (Å²) >= 11 is 1.10. The lowest BCUT2D eigenvalue weighted by molar-refractivity contribution is -0.137. The maximum absolute atomic E-state index is 14.6. The molecule has 2 aromatic carbocycles. The first kappa shape index (κ1) is 22.4. The quantitative estimate of drug-likeness (QED) is 0.332. The van der Waals surface area contributed by atoms with Crippen LogP contribution in [0.15, 0.2) is 66.3 Å². The van der Waals surface area contributed by atoms with Crippen molar-refractivity contribution in [1.82, 2.24) is 9.97 Å². The molecule has 4 aromatic rings. The van der Waals surface area contributed by atoms with Crippen LogP contribution in [0, 0.1) is 5.82 Å². The minimum Gasteiger partial charge on any atom is -0.489 e. The molecule has 168 valence electrons. The highest BCUT2D eigenvalue weighted by Gasteiger charge is 2.34. The molecule has 33 heavy (non-hydrogen) atoms. The van der Waals surface area contributed by atoms with Gasteiger partial charge >= 0.3 is 12.1 Å². The van der Waals surface area contributed by atoms with Crippen molar-refractivity contribution < 1.29 is 32.2 Å². The second kappa shape index (κ2) is 8.99. The van der Waals surface area contributed by atoms with E-state index < -0.39 is 23.5 Å². The van der Waals surface area contributed by atoms with E-state index in [4.69, 9.17) is 9.84 Å². The molecule has 0 fully saturated rings. The van der Waals surface area contributed by atoms with Gasteiger partial charge in [0, 0.05) is 34.5 Å². The van der Waals surface area contributed by atoms with Crippen molar-refractivity contribution in [1.29, 1.82) is 0 Å². The van der Waals surface area contributed by atoms with E-state index in [9.17, 15) is 22.4 Å². The molecule has 5 nitrogen and oxygen atoms in total. The van der Waals surface area contributed by atoms with E-state index in [1.165, 1.54) is 48.8 Å². The summed E-state index contributed by atoms with van der Waals surface area (Å²) < 4.78 is 60.7. The Labute approximate surface area is 189 Å². The first-order valence-electron chi connectivity index (χ1n) is 9.44. The van der Waals surface area contributed by atoms with Crippen LogP contribution in [0.4, 0.5) is 17.6 Å². The lowest BCUT2D eigenvalue weighted by atomic mass is 10.0. The molecule has 0 aliphatic rings. The van der Waals surface area contributed by atoms with Crippen LogP contribution in [-0.4, -0.2) is 21.0 Å². The Morgan fingerprint density at radius 1 is 1.03 bits per heavy atom. The summed E-state index contributed by atoms with van der Waals surface area (Å²) in [6.07, 6.45) is -1.92. The van der Waals surface area contributed by atoms with Crippen LogP contribution < -0.4 is 4.74 Å². The molecule has 4 rings (SSSR count). The van der Waals surface area contributed by atoms with Crippen molar-refractivity contribution in [3.8, 4) is 27.4 Å². The van der Waals surface area contributed by atoms with Gasteiger partial charge in [-0.05, 0) is 35.9 Å². The number of thiazole rings is 1. The van der Waals surface area contributed by atoms with Crippen LogP contribution in [0.3, 0.4) is 0 Å². The third-order valence-corrected chi connectivity index (χ3v) is 5.50. The summed E-state index contributed by atoms with van der Waals surface area (Å²) in [5.41, 5.74) is -0.0725. The molecule has 2 heterocycles. The molecular formula is C23H14F4N2O3S.